The van der Waals surface area contributed by atoms with Crippen molar-refractivity contribution in [1.82, 2.24) is 4.90 Å². The first-order valence-electron chi connectivity index (χ1n) is 4.78. The van der Waals surface area contributed by atoms with E-state index in [0.29, 0.717) is 11.8 Å². The van der Waals surface area contributed by atoms with E-state index in [1.165, 1.54) is 0 Å². The van der Waals surface area contributed by atoms with Crippen LogP contribution in [0.2, 0.25) is 0 Å². The monoisotopic (exact) mass is 201 g/mol. The van der Waals surface area contributed by atoms with Crippen LogP contribution in [-0.2, 0) is 4.74 Å². The Morgan fingerprint density at radius 3 is 2.31 bits per heavy atom. The number of nitrogens with zero attached hydrogens (tertiary/aromatic N) is 1. The van der Waals surface area contributed by atoms with Gasteiger partial charge in [0, 0.05) is 13.1 Å². The van der Waals surface area contributed by atoms with E-state index in [-0.39, 0.29) is 0 Å². The van der Waals surface area contributed by atoms with E-state index in [1.54, 1.807) is 6.08 Å². The fourth-order valence-corrected chi connectivity index (χ4v) is 1.31. The van der Waals surface area contributed by atoms with Gasteiger partial charge in [0.25, 0.3) is 5.17 Å². The summed E-state index contributed by atoms with van der Waals surface area (Å²) >= 11 is 5.13. The normalized spacial score (nSPS) is 9.38. The van der Waals surface area contributed by atoms with Crippen LogP contribution in [-0.4, -0.2) is 29.8 Å². The van der Waals surface area contributed by atoms with Gasteiger partial charge in [-0.3, -0.25) is 0 Å². The Labute approximate surface area is 86.6 Å². The maximum atomic E-state index is 5.30. The molecule has 0 amide bonds. The van der Waals surface area contributed by atoms with Crippen molar-refractivity contribution < 1.29 is 4.74 Å². The first-order chi connectivity index (χ1) is 6.26. The highest BCUT2D eigenvalue weighted by Crippen LogP contribution is 1.98. The van der Waals surface area contributed by atoms with E-state index < -0.39 is 0 Å². The molecular formula is C10H19NOS. The van der Waals surface area contributed by atoms with Crippen LogP contribution < -0.4 is 0 Å². The number of hydrogen-bond donors (Lipinski definition) is 0. The minimum atomic E-state index is 0.503. The molecule has 0 aliphatic carbocycles. The highest BCUT2D eigenvalue weighted by Gasteiger charge is 2.07. The van der Waals surface area contributed by atoms with Crippen molar-refractivity contribution >= 4 is 17.4 Å². The lowest BCUT2D eigenvalue weighted by molar-refractivity contribution is 0.267. The molecule has 0 aromatic rings. The molecule has 0 aromatic heterocycles. The van der Waals surface area contributed by atoms with Gasteiger partial charge in [0.1, 0.15) is 6.61 Å². The Morgan fingerprint density at radius 2 is 1.92 bits per heavy atom. The standard InChI is InChI=1S/C10H19NOS/c1-4-7-11(8-5-2)10(13)12-9-6-3/h6H,3-5,7-9H2,1-2H3. The lowest BCUT2D eigenvalue weighted by atomic mass is 10.4. The van der Waals surface area contributed by atoms with Crippen LogP contribution in [0, 0.1) is 0 Å². The summed E-state index contributed by atoms with van der Waals surface area (Å²) < 4.78 is 5.30. The lowest BCUT2D eigenvalue weighted by Gasteiger charge is -2.23. The molecule has 0 aliphatic rings. The summed E-state index contributed by atoms with van der Waals surface area (Å²) in [6.07, 6.45) is 3.90. The second-order valence-corrected chi connectivity index (χ2v) is 3.20. The third-order valence-electron chi connectivity index (χ3n) is 1.57. The van der Waals surface area contributed by atoms with Crippen LogP contribution >= 0.6 is 12.2 Å². The van der Waals surface area contributed by atoms with Gasteiger partial charge in [-0.25, -0.2) is 0 Å². The molecule has 0 saturated carbocycles. The summed E-state index contributed by atoms with van der Waals surface area (Å²) in [6, 6.07) is 0. The molecule has 0 bridgehead atoms. The summed E-state index contributed by atoms with van der Waals surface area (Å²) in [4.78, 5) is 2.10. The van der Waals surface area contributed by atoms with Crippen molar-refractivity contribution in [1.29, 1.82) is 0 Å². The van der Waals surface area contributed by atoms with Crippen LogP contribution in [0.4, 0.5) is 0 Å². The molecule has 0 aliphatic heterocycles. The smallest absolute Gasteiger partial charge is 0.259 e. The maximum Gasteiger partial charge on any atom is 0.259 e. The van der Waals surface area contributed by atoms with Crippen molar-refractivity contribution in [2.45, 2.75) is 26.7 Å². The van der Waals surface area contributed by atoms with E-state index in [1.807, 2.05) is 0 Å². The number of rotatable bonds is 6. The fraction of sp³-hybridized carbons (Fsp3) is 0.700. The Balaban J connectivity index is 3.86. The molecule has 2 nitrogen and oxygen atoms in total. The van der Waals surface area contributed by atoms with E-state index in [2.05, 4.69) is 25.3 Å². The van der Waals surface area contributed by atoms with Crippen molar-refractivity contribution in [3.05, 3.63) is 12.7 Å². The number of ether oxygens (including phenoxy) is 1. The van der Waals surface area contributed by atoms with Crippen molar-refractivity contribution in [2.24, 2.45) is 0 Å². The summed E-state index contributed by atoms with van der Waals surface area (Å²) in [6.45, 7) is 10.3. The van der Waals surface area contributed by atoms with Gasteiger partial charge in [-0.1, -0.05) is 26.5 Å². The van der Waals surface area contributed by atoms with Crippen molar-refractivity contribution in [3.8, 4) is 0 Å². The van der Waals surface area contributed by atoms with E-state index in [9.17, 15) is 0 Å². The van der Waals surface area contributed by atoms with Gasteiger partial charge in [0.15, 0.2) is 0 Å². The lowest BCUT2D eigenvalue weighted by Crippen LogP contribution is -2.32. The molecule has 0 saturated heterocycles. The number of hydrogen-bond acceptors (Lipinski definition) is 2. The first kappa shape index (κ1) is 12.4. The van der Waals surface area contributed by atoms with Gasteiger partial charge in [-0.05, 0) is 25.1 Å². The van der Waals surface area contributed by atoms with Gasteiger partial charge in [-0.2, -0.15) is 0 Å². The molecule has 0 fully saturated rings. The molecule has 0 rings (SSSR count). The average molecular weight is 201 g/mol. The van der Waals surface area contributed by atoms with Crippen molar-refractivity contribution in [2.75, 3.05) is 19.7 Å². The molecular weight excluding hydrogens is 182 g/mol. The third-order valence-corrected chi connectivity index (χ3v) is 1.95. The Morgan fingerprint density at radius 1 is 1.38 bits per heavy atom. The zero-order chi connectivity index (χ0) is 10.1. The second-order valence-electron chi connectivity index (χ2n) is 2.85. The maximum absolute atomic E-state index is 5.30. The molecule has 0 spiro atoms. The molecule has 0 atom stereocenters. The van der Waals surface area contributed by atoms with Crippen LogP contribution in [0.3, 0.4) is 0 Å². The summed E-state index contributed by atoms with van der Waals surface area (Å²) in [7, 11) is 0. The van der Waals surface area contributed by atoms with E-state index in [4.69, 9.17) is 17.0 Å². The fourth-order valence-electron chi connectivity index (χ4n) is 1.06. The minimum Gasteiger partial charge on any atom is -0.467 e. The highest BCUT2D eigenvalue weighted by molar-refractivity contribution is 7.80. The molecule has 0 heterocycles. The minimum absolute atomic E-state index is 0.503. The van der Waals surface area contributed by atoms with Crippen LogP contribution in [0.25, 0.3) is 0 Å². The zero-order valence-corrected chi connectivity index (χ0v) is 9.40. The summed E-state index contributed by atoms with van der Waals surface area (Å²) in [5.74, 6) is 0. The van der Waals surface area contributed by atoms with Crippen LogP contribution in [0.15, 0.2) is 12.7 Å². The summed E-state index contributed by atoms with van der Waals surface area (Å²) in [5.41, 5.74) is 0. The SMILES string of the molecule is C=CCOC(=S)N(CCC)CCC. The largest absolute Gasteiger partial charge is 0.467 e. The number of thiocarbonyl (C=S) groups is 1. The van der Waals surface area contributed by atoms with Gasteiger partial charge in [0.2, 0.25) is 0 Å². The van der Waals surface area contributed by atoms with Gasteiger partial charge in [0.05, 0.1) is 0 Å². The van der Waals surface area contributed by atoms with Gasteiger partial charge >= 0.3 is 0 Å². The molecule has 0 aromatic carbocycles. The van der Waals surface area contributed by atoms with Gasteiger partial charge in [-0.15, -0.1) is 0 Å². The third kappa shape index (κ3) is 5.64. The average Bonchev–Trinajstić information content (AvgIpc) is 2.14. The van der Waals surface area contributed by atoms with E-state index in [0.717, 1.165) is 25.9 Å². The predicted octanol–water partition coefficient (Wildman–Crippen LogP) is 2.60. The van der Waals surface area contributed by atoms with E-state index >= 15 is 0 Å². The second kappa shape index (κ2) is 8.05. The van der Waals surface area contributed by atoms with Crippen molar-refractivity contribution in [3.63, 3.8) is 0 Å². The first-order valence-corrected chi connectivity index (χ1v) is 5.19. The van der Waals surface area contributed by atoms with Crippen LogP contribution in [0.5, 0.6) is 0 Å². The molecule has 3 heteroatoms. The Hall–Kier alpha value is -0.570. The van der Waals surface area contributed by atoms with Gasteiger partial charge < -0.3 is 9.64 Å². The highest BCUT2D eigenvalue weighted by atomic mass is 32.1. The summed E-state index contributed by atoms with van der Waals surface area (Å²) in [5, 5.41) is 0.601. The predicted molar refractivity (Wildman–Crippen MR) is 60.9 cm³/mol. The molecule has 0 radical (unpaired) electrons. The molecule has 0 N–H and O–H groups in total. The molecule has 0 unspecified atom stereocenters. The van der Waals surface area contributed by atoms with Crippen LogP contribution in [0.1, 0.15) is 26.7 Å². The Bertz CT molecular complexity index is 153. The quantitative estimate of drug-likeness (QED) is 0.484. The zero-order valence-electron chi connectivity index (χ0n) is 8.58. The molecule has 76 valence electrons. The Kier molecular flexibility index (Phi) is 7.69. The molecule has 13 heavy (non-hydrogen) atoms. The topological polar surface area (TPSA) is 12.5 Å².